The van der Waals surface area contributed by atoms with E-state index < -0.39 is 14.4 Å². The number of carbonyl (C=O) groups excluding carboxylic acids is 1. The van der Waals surface area contributed by atoms with E-state index in [1.54, 1.807) is 30.6 Å². The molecule has 192 valence electrons. The maximum atomic E-state index is 11.6. The molecule has 0 aliphatic heterocycles. The molecule has 3 N–H and O–H groups in total. The van der Waals surface area contributed by atoms with Crippen LogP contribution in [0.1, 0.15) is 26.5 Å². The van der Waals surface area contributed by atoms with Gasteiger partial charge < -0.3 is 19.6 Å². The Morgan fingerprint density at radius 1 is 1.11 bits per heavy atom. The first kappa shape index (κ1) is 27.0. The van der Waals surface area contributed by atoms with E-state index in [-0.39, 0.29) is 5.04 Å². The van der Waals surface area contributed by atoms with Crippen LogP contribution in [0.15, 0.2) is 36.7 Å². The minimum atomic E-state index is -1.89. The van der Waals surface area contributed by atoms with E-state index in [4.69, 9.17) is 19.9 Å². The SMILES string of the molecule is COC(=O)Nc1cc(-c2nc(OCCO[Si](C)(C)C(C)(C)C)cc(-c3cc(N)cnc3C)n2)ccn1. The monoisotopic (exact) mass is 510 g/mol. The lowest BCUT2D eigenvalue weighted by atomic mass is 10.1. The Morgan fingerprint density at radius 3 is 2.56 bits per heavy atom. The molecule has 36 heavy (non-hydrogen) atoms. The number of nitrogens with zero attached hydrogens (tertiary/aromatic N) is 4. The number of rotatable bonds is 8. The van der Waals surface area contributed by atoms with Crippen molar-refractivity contribution in [2.75, 3.05) is 31.4 Å². The van der Waals surface area contributed by atoms with Gasteiger partial charge in [-0.05, 0) is 43.3 Å². The van der Waals surface area contributed by atoms with Crippen molar-refractivity contribution >= 4 is 25.9 Å². The Hall–Kier alpha value is -3.57. The second-order valence-corrected chi connectivity index (χ2v) is 14.6. The molecule has 1 amide bonds. The highest BCUT2D eigenvalue weighted by atomic mass is 28.4. The van der Waals surface area contributed by atoms with Gasteiger partial charge >= 0.3 is 6.09 Å². The minimum Gasteiger partial charge on any atom is -0.475 e. The van der Waals surface area contributed by atoms with Crippen molar-refractivity contribution in [1.29, 1.82) is 0 Å². The second-order valence-electron chi connectivity index (χ2n) is 9.82. The largest absolute Gasteiger partial charge is 0.475 e. The standard InChI is InChI=1S/C25H34N6O4Si/c1-16-19(13-18(26)15-28-16)20-14-22(34-10-11-35-36(6,7)25(2,3)4)31-23(29-20)17-8-9-27-21(12-17)30-24(32)33-5/h8-9,12-15H,10-11,26H2,1-7H3,(H,27,30,32). The van der Waals surface area contributed by atoms with Gasteiger partial charge in [0.15, 0.2) is 14.1 Å². The third-order valence-corrected chi connectivity index (χ3v) is 10.7. The predicted octanol–water partition coefficient (Wildman–Crippen LogP) is 5.07. The summed E-state index contributed by atoms with van der Waals surface area (Å²) in [4.78, 5) is 29.5. The summed E-state index contributed by atoms with van der Waals surface area (Å²) in [5.41, 5.74) is 9.29. The fraction of sp³-hybridized carbons (Fsp3) is 0.400. The third-order valence-electron chi connectivity index (χ3n) is 6.12. The quantitative estimate of drug-likeness (QED) is 0.314. The van der Waals surface area contributed by atoms with E-state index in [0.717, 1.165) is 11.3 Å². The molecule has 10 nitrogen and oxygen atoms in total. The number of aryl methyl sites for hydroxylation is 1. The minimum absolute atomic E-state index is 0.108. The van der Waals surface area contributed by atoms with Gasteiger partial charge in [-0.15, -0.1) is 0 Å². The number of nitrogens with two attached hydrogens (primary N) is 1. The Morgan fingerprint density at radius 2 is 1.86 bits per heavy atom. The maximum Gasteiger partial charge on any atom is 0.412 e. The average molecular weight is 511 g/mol. The molecule has 0 spiro atoms. The summed E-state index contributed by atoms with van der Waals surface area (Å²) in [5.74, 6) is 1.08. The molecule has 0 radical (unpaired) electrons. The first-order valence-corrected chi connectivity index (χ1v) is 14.5. The topological polar surface area (TPSA) is 134 Å². The number of carbonyl (C=O) groups is 1. The molecule has 3 aromatic rings. The van der Waals surface area contributed by atoms with Gasteiger partial charge in [-0.1, -0.05) is 20.8 Å². The molecule has 3 heterocycles. The van der Waals surface area contributed by atoms with Crippen LogP contribution in [-0.4, -0.2) is 54.7 Å². The summed E-state index contributed by atoms with van der Waals surface area (Å²) in [6.45, 7) is 13.7. The van der Waals surface area contributed by atoms with Crippen molar-refractivity contribution in [3.8, 4) is 28.5 Å². The molecule has 0 saturated carbocycles. The number of nitrogens with one attached hydrogen (secondary N) is 1. The number of anilines is 2. The van der Waals surface area contributed by atoms with Gasteiger partial charge in [0.05, 0.1) is 31.3 Å². The molecule has 0 bridgehead atoms. The van der Waals surface area contributed by atoms with Crippen LogP contribution >= 0.6 is 0 Å². The zero-order chi connectivity index (χ0) is 26.5. The second kappa shape index (κ2) is 11.0. The number of pyridine rings is 2. The highest BCUT2D eigenvalue weighted by molar-refractivity contribution is 6.74. The van der Waals surface area contributed by atoms with Crippen molar-refractivity contribution in [1.82, 2.24) is 19.9 Å². The molecular weight excluding hydrogens is 476 g/mol. The van der Waals surface area contributed by atoms with Crippen molar-refractivity contribution in [2.45, 2.75) is 45.8 Å². The van der Waals surface area contributed by atoms with Crippen molar-refractivity contribution in [2.24, 2.45) is 0 Å². The molecule has 0 aromatic carbocycles. The fourth-order valence-electron chi connectivity index (χ4n) is 3.03. The van der Waals surface area contributed by atoms with E-state index in [2.05, 4.69) is 58.9 Å². The van der Waals surface area contributed by atoms with E-state index in [1.165, 1.54) is 7.11 Å². The fourth-order valence-corrected chi connectivity index (χ4v) is 4.05. The van der Waals surface area contributed by atoms with Crippen molar-refractivity contribution in [3.63, 3.8) is 0 Å². The van der Waals surface area contributed by atoms with Crippen LogP contribution in [0.4, 0.5) is 16.3 Å². The molecule has 0 unspecified atom stereocenters. The Labute approximate surface area is 212 Å². The molecule has 0 atom stereocenters. The number of nitrogen functional groups attached to an aromatic ring is 1. The molecule has 0 fully saturated rings. The summed E-state index contributed by atoms with van der Waals surface area (Å²) in [7, 11) is -0.610. The zero-order valence-corrected chi connectivity index (χ0v) is 22.9. The van der Waals surface area contributed by atoms with E-state index in [1.807, 2.05) is 13.0 Å². The first-order valence-electron chi connectivity index (χ1n) is 11.6. The van der Waals surface area contributed by atoms with Crippen molar-refractivity contribution < 1.29 is 18.7 Å². The normalized spacial score (nSPS) is 11.8. The number of hydrogen-bond donors (Lipinski definition) is 2. The van der Waals surface area contributed by atoms with Crippen molar-refractivity contribution in [3.05, 3.63) is 42.4 Å². The molecule has 0 aliphatic rings. The number of ether oxygens (including phenoxy) is 2. The maximum absolute atomic E-state index is 11.6. The van der Waals surface area contributed by atoms with Crippen LogP contribution in [0.2, 0.25) is 18.1 Å². The van der Waals surface area contributed by atoms with Gasteiger partial charge in [0, 0.05) is 29.1 Å². The number of amides is 1. The summed E-state index contributed by atoms with van der Waals surface area (Å²) in [6.07, 6.45) is 2.53. The Balaban J connectivity index is 1.93. The van der Waals surface area contributed by atoms with Crippen LogP contribution in [0, 0.1) is 6.92 Å². The average Bonchev–Trinajstić information content (AvgIpc) is 2.82. The van der Waals surface area contributed by atoms with Crippen LogP contribution in [0.5, 0.6) is 5.88 Å². The van der Waals surface area contributed by atoms with E-state index in [9.17, 15) is 4.79 Å². The first-order chi connectivity index (χ1) is 16.9. The lowest BCUT2D eigenvalue weighted by molar-refractivity contribution is 0.187. The van der Waals surface area contributed by atoms with Gasteiger partial charge in [-0.25, -0.2) is 14.8 Å². The van der Waals surface area contributed by atoms with E-state index in [0.29, 0.717) is 47.7 Å². The Bertz CT molecular complexity index is 1230. The highest BCUT2D eigenvalue weighted by Crippen LogP contribution is 2.36. The summed E-state index contributed by atoms with van der Waals surface area (Å²) < 4.78 is 16.9. The molecule has 11 heteroatoms. The molecule has 0 aliphatic carbocycles. The van der Waals surface area contributed by atoms with Gasteiger partial charge in [0.2, 0.25) is 5.88 Å². The third kappa shape index (κ3) is 6.76. The Kier molecular flexibility index (Phi) is 8.26. The molecular formula is C25H34N6O4Si. The highest BCUT2D eigenvalue weighted by Gasteiger charge is 2.36. The number of methoxy groups -OCH3 is 1. The lowest BCUT2D eigenvalue weighted by Gasteiger charge is -2.36. The van der Waals surface area contributed by atoms with Crippen LogP contribution in [0.25, 0.3) is 22.6 Å². The smallest absolute Gasteiger partial charge is 0.412 e. The van der Waals surface area contributed by atoms with Crippen LogP contribution in [0.3, 0.4) is 0 Å². The van der Waals surface area contributed by atoms with Gasteiger partial charge in [0.1, 0.15) is 12.4 Å². The van der Waals surface area contributed by atoms with E-state index >= 15 is 0 Å². The summed E-state index contributed by atoms with van der Waals surface area (Å²) in [6, 6.07) is 6.98. The summed E-state index contributed by atoms with van der Waals surface area (Å²) in [5, 5.41) is 2.66. The van der Waals surface area contributed by atoms with Gasteiger partial charge in [-0.3, -0.25) is 10.3 Å². The zero-order valence-electron chi connectivity index (χ0n) is 21.9. The lowest BCUT2D eigenvalue weighted by Crippen LogP contribution is -2.41. The predicted molar refractivity (Wildman–Crippen MR) is 142 cm³/mol. The number of aromatic nitrogens is 4. The number of hydrogen-bond acceptors (Lipinski definition) is 9. The summed E-state index contributed by atoms with van der Waals surface area (Å²) >= 11 is 0. The van der Waals surface area contributed by atoms with Gasteiger partial charge in [-0.2, -0.15) is 4.98 Å². The van der Waals surface area contributed by atoms with Crippen LogP contribution < -0.4 is 15.8 Å². The molecule has 0 saturated heterocycles. The van der Waals surface area contributed by atoms with Gasteiger partial charge in [0.25, 0.3) is 0 Å². The van der Waals surface area contributed by atoms with Crippen LogP contribution in [-0.2, 0) is 9.16 Å². The molecule has 3 aromatic heterocycles. The molecule has 3 rings (SSSR count).